The molecule has 0 radical (unpaired) electrons. The van der Waals surface area contributed by atoms with Crippen molar-refractivity contribution in [3.63, 3.8) is 0 Å². The van der Waals surface area contributed by atoms with E-state index in [1.165, 1.54) is 0 Å². The lowest BCUT2D eigenvalue weighted by molar-refractivity contribution is -0.156. The van der Waals surface area contributed by atoms with Crippen molar-refractivity contribution >= 4 is 17.5 Å². The first-order chi connectivity index (χ1) is 16.8. The Hall–Kier alpha value is -2.58. The minimum absolute atomic E-state index is 0.0391. The number of aliphatic hydroxyl groups is 1. The molecule has 1 aromatic carbocycles. The zero-order chi connectivity index (χ0) is 25.8. The van der Waals surface area contributed by atoms with Crippen molar-refractivity contribution in [2.45, 2.75) is 82.6 Å². The Labute approximate surface area is 212 Å². The monoisotopic (exact) mass is 495 g/mol. The zero-order valence-electron chi connectivity index (χ0n) is 22.1. The second-order valence-corrected chi connectivity index (χ2v) is 12.8. The molecule has 1 aliphatic carbocycles. The molecule has 2 amide bonds. The lowest BCUT2D eigenvalue weighted by atomic mass is 9.74. The molecule has 4 heterocycles. The maximum Gasteiger partial charge on any atom is 0.242 e. The number of ether oxygens (including phenoxy) is 2. The molecule has 1 aromatic rings. The van der Waals surface area contributed by atoms with Gasteiger partial charge in [0, 0.05) is 25.0 Å². The van der Waals surface area contributed by atoms with Crippen molar-refractivity contribution in [2.75, 3.05) is 25.5 Å². The average Bonchev–Trinajstić information content (AvgIpc) is 3.14. The van der Waals surface area contributed by atoms with Gasteiger partial charge >= 0.3 is 0 Å². The highest BCUT2D eigenvalue weighted by Crippen LogP contribution is 2.61. The molecule has 1 saturated carbocycles. The van der Waals surface area contributed by atoms with E-state index >= 15 is 0 Å². The first-order valence-electron chi connectivity index (χ1n) is 13.0. The smallest absolute Gasteiger partial charge is 0.242 e. The van der Waals surface area contributed by atoms with E-state index in [1.54, 1.807) is 13.2 Å². The Kier molecular flexibility index (Phi) is 4.80. The summed E-state index contributed by atoms with van der Waals surface area (Å²) >= 11 is 0. The first-order valence-corrected chi connectivity index (χ1v) is 13.0. The summed E-state index contributed by atoms with van der Waals surface area (Å²) in [6, 6.07) is 3.19. The fraction of sp³-hybridized carbons (Fsp3) is 0.643. The Morgan fingerprint density at radius 2 is 1.92 bits per heavy atom. The Morgan fingerprint density at radius 1 is 1.17 bits per heavy atom. The lowest BCUT2D eigenvalue weighted by Gasteiger charge is -2.48. The molecule has 0 aromatic heterocycles. The predicted octanol–water partition coefficient (Wildman–Crippen LogP) is 3.04. The van der Waals surface area contributed by atoms with E-state index in [1.807, 2.05) is 50.9 Å². The van der Waals surface area contributed by atoms with Crippen LogP contribution in [0.3, 0.4) is 0 Å². The molecule has 2 saturated heterocycles. The topological polar surface area (TPSA) is 91.3 Å². The number of piperidine rings is 1. The van der Waals surface area contributed by atoms with Crippen LogP contribution in [0.5, 0.6) is 11.5 Å². The molecule has 194 valence electrons. The maximum atomic E-state index is 13.8. The number of carbonyl (C=O) groups is 2. The van der Waals surface area contributed by atoms with Gasteiger partial charge < -0.3 is 24.8 Å². The van der Waals surface area contributed by atoms with Crippen molar-refractivity contribution in [1.82, 2.24) is 9.80 Å². The molecule has 8 heteroatoms. The number of rotatable bonds is 0. The second kappa shape index (κ2) is 7.25. The fourth-order valence-corrected chi connectivity index (χ4v) is 7.63. The molecule has 0 unspecified atom stereocenters. The van der Waals surface area contributed by atoms with Gasteiger partial charge in [0.1, 0.15) is 11.6 Å². The third-order valence-corrected chi connectivity index (χ3v) is 9.77. The second-order valence-electron chi connectivity index (χ2n) is 12.8. The third-order valence-electron chi connectivity index (χ3n) is 9.77. The van der Waals surface area contributed by atoms with Crippen LogP contribution < -0.4 is 14.8 Å². The van der Waals surface area contributed by atoms with E-state index < -0.39 is 22.7 Å². The minimum Gasteiger partial charge on any atom is -0.480 e. The largest absolute Gasteiger partial charge is 0.480 e. The number of nitrogens with zero attached hydrogens (tertiary/aromatic N) is 2. The summed E-state index contributed by atoms with van der Waals surface area (Å²) in [7, 11) is 1.84. The van der Waals surface area contributed by atoms with Crippen LogP contribution in [0, 0.1) is 11.3 Å². The fourth-order valence-electron chi connectivity index (χ4n) is 7.63. The van der Waals surface area contributed by atoms with Crippen molar-refractivity contribution in [3.8, 4) is 11.5 Å². The molecule has 8 nitrogen and oxygen atoms in total. The van der Waals surface area contributed by atoms with Crippen LogP contribution >= 0.6 is 0 Å². The molecule has 0 bridgehead atoms. The van der Waals surface area contributed by atoms with E-state index in [-0.39, 0.29) is 29.2 Å². The van der Waals surface area contributed by atoms with Crippen LogP contribution in [0.25, 0.3) is 0 Å². The number of fused-ring (bicyclic) bond motifs is 6. The molecule has 4 aliphatic heterocycles. The van der Waals surface area contributed by atoms with E-state index in [4.69, 9.17) is 9.47 Å². The van der Waals surface area contributed by atoms with E-state index in [2.05, 4.69) is 17.1 Å². The SMILES string of the molecule is C[C@@H]1CCN2C[C@@]3(C)C[C@@]4(C[C@H]3N(C)C(=O)[C@H]2[C@]1(C)O)C(=O)Nc1c4ccc2c1OC=CC(C)(C)O2. The zero-order valence-corrected chi connectivity index (χ0v) is 22.1. The summed E-state index contributed by atoms with van der Waals surface area (Å²) in [5.41, 5.74) is -1.12. The van der Waals surface area contributed by atoms with Gasteiger partial charge in [0.05, 0.1) is 23.0 Å². The van der Waals surface area contributed by atoms with Gasteiger partial charge in [-0.15, -0.1) is 0 Å². The molecular weight excluding hydrogens is 458 g/mol. The molecule has 3 fully saturated rings. The van der Waals surface area contributed by atoms with E-state index in [0.717, 1.165) is 18.5 Å². The summed E-state index contributed by atoms with van der Waals surface area (Å²) in [5.74, 6) is 1.06. The number of likely N-dealkylation sites (N-methyl/N-ethyl adjacent to an activating group) is 1. The number of anilines is 1. The summed E-state index contributed by atoms with van der Waals surface area (Å²) in [4.78, 5) is 31.6. The summed E-state index contributed by atoms with van der Waals surface area (Å²) in [6.45, 7) is 11.4. The number of nitrogens with one attached hydrogen (secondary N) is 1. The van der Waals surface area contributed by atoms with Crippen LogP contribution in [0.4, 0.5) is 5.69 Å². The van der Waals surface area contributed by atoms with Gasteiger partial charge in [-0.25, -0.2) is 0 Å². The van der Waals surface area contributed by atoms with Crippen molar-refractivity contribution < 1.29 is 24.2 Å². The number of benzene rings is 1. The average molecular weight is 496 g/mol. The molecule has 1 spiro atoms. The van der Waals surface area contributed by atoms with Crippen molar-refractivity contribution in [3.05, 3.63) is 30.0 Å². The van der Waals surface area contributed by atoms with Crippen LogP contribution in [-0.4, -0.2) is 70.1 Å². The normalized spacial score (nSPS) is 40.9. The molecule has 5 aliphatic rings. The van der Waals surface area contributed by atoms with Gasteiger partial charge in [-0.2, -0.15) is 0 Å². The van der Waals surface area contributed by atoms with Gasteiger partial charge in [-0.05, 0) is 70.2 Å². The standard InChI is InChI=1S/C28H37N3O5/c1-16-9-11-31-15-26(4)14-28(13-19(26)30(6)23(32)22(31)27(16,5)34)17-7-8-18-21(20(17)29-24(28)33)35-12-10-25(2,3)36-18/h7-8,10,12,16,19,22,34H,9,11,13-15H2,1-6H3,(H,29,33)/t16-,19-,22+,26-,27-,28-/m1/s1. The van der Waals surface area contributed by atoms with Crippen molar-refractivity contribution in [2.24, 2.45) is 11.3 Å². The first kappa shape index (κ1) is 23.8. The lowest BCUT2D eigenvalue weighted by Crippen LogP contribution is -2.64. The van der Waals surface area contributed by atoms with Crippen LogP contribution in [0.1, 0.15) is 59.4 Å². The quantitative estimate of drug-likeness (QED) is 0.575. The highest BCUT2D eigenvalue weighted by Gasteiger charge is 2.65. The Bertz CT molecular complexity index is 1190. The molecule has 6 rings (SSSR count). The highest BCUT2D eigenvalue weighted by molar-refractivity contribution is 6.08. The van der Waals surface area contributed by atoms with Crippen LogP contribution in [0.15, 0.2) is 24.5 Å². The molecule has 36 heavy (non-hydrogen) atoms. The van der Waals surface area contributed by atoms with Gasteiger partial charge in [-0.1, -0.05) is 19.9 Å². The number of amides is 2. The van der Waals surface area contributed by atoms with Crippen LogP contribution in [-0.2, 0) is 15.0 Å². The molecule has 6 atom stereocenters. The van der Waals surface area contributed by atoms with Crippen LogP contribution in [0.2, 0.25) is 0 Å². The number of hydrogen-bond donors (Lipinski definition) is 2. The minimum atomic E-state index is -1.09. The number of carbonyl (C=O) groups excluding carboxylic acids is 2. The highest BCUT2D eigenvalue weighted by atomic mass is 16.5. The molecule has 2 N–H and O–H groups in total. The third kappa shape index (κ3) is 3.06. The van der Waals surface area contributed by atoms with Crippen molar-refractivity contribution in [1.29, 1.82) is 0 Å². The van der Waals surface area contributed by atoms with Gasteiger partial charge in [0.2, 0.25) is 11.8 Å². The summed E-state index contributed by atoms with van der Waals surface area (Å²) < 4.78 is 12.1. The molecular formula is C28H37N3O5. The van der Waals surface area contributed by atoms with Gasteiger partial charge in [0.25, 0.3) is 0 Å². The van der Waals surface area contributed by atoms with E-state index in [0.29, 0.717) is 36.6 Å². The predicted molar refractivity (Wildman–Crippen MR) is 135 cm³/mol. The number of hydrogen-bond acceptors (Lipinski definition) is 6. The Balaban J connectivity index is 1.41. The summed E-state index contributed by atoms with van der Waals surface area (Å²) in [6.07, 6.45) is 5.46. The van der Waals surface area contributed by atoms with Gasteiger partial charge in [-0.3, -0.25) is 14.5 Å². The maximum absolute atomic E-state index is 13.8. The van der Waals surface area contributed by atoms with Gasteiger partial charge in [0.15, 0.2) is 11.5 Å². The van der Waals surface area contributed by atoms with E-state index in [9.17, 15) is 14.7 Å². The Morgan fingerprint density at radius 3 is 2.67 bits per heavy atom. The summed E-state index contributed by atoms with van der Waals surface area (Å²) in [5, 5.41) is 14.5.